The van der Waals surface area contributed by atoms with E-state index >= 15 is 0 Å². The van der Waals surface area contributed by atoms with Crippen LogP contribution in [0.5, 0.6) is 0 Å². The molecule has 25 heavy (non-hydrogen) atoms. The molecule has 0 aliphatic heterocycles. The Labute approximate surface area is 148 Å². The van der Waals surface area contributed by atoms with Gasteiger partial charge in [-0.25, -0.2) is 4.79 Å². The molecule has 4 nitrogen and oxygen atoms in total. The Hall–Kier alpha value is -2.59. The van der Waals surface area contributed by atoms with Gasteiger partial charge in [0, 0.05) is 19.5 Å². The van der Waals surface area contributed by atoms with Crippen LogP contribution in [0.1, 0.15) is 17.0 Å². The highest BCUT2D eigenvalue weighted by Crippen LogP contribution is 2.44. The lowest BCUT2D eigenvalue weighted by atomic mass is 9.98. The summed E-state index contributed by atoms with van der Waals surface area (Å²) >= 11 is 0. The molecule has 1 aliphatic carbocycles. The summed E-state index contributed by atoms with van der Waals surface area (Å²) < 4.78 is 10.9. The number of carbonyl (C=O) groups is 1. The summed E-state index contributed by atoms with van der Waals surface area (Å²) in [6, 6.07) is 16.6. The SMILES string of the molecule is C=CCOCCN(C)C(=O)OCC1c2ccccc2-c2ccccc21. The smallest absolute Gasteiger partial charge is 0.409 e. The maximum absolute atomic E-state index is 12.2. The van der Waals surface area contributed by atoms with Crippen molar-refractivity contribution in [1.29, 1.82) is 0 Å². The van der Waals surface area contributed by atoms with Crippen LogP contribution in [-0.2, 0) is 9.47 Å². The van der Waals surface area contributed by atoms with Crippen LogP contribution in [0.2, 0.25) is 0 Å². The van der Waals surface area contributed by atoms with Crippen molar-refractivity contribution >= 4 is 6.09 Å². The number of rotatable bonds is 7. The third kappa shape index (κ3) is 3.74. The molecule has 130 valence electrons. The molecule has 2 aromatic rings. The van der Waals surface area contributed by atoms with Crippen molar-refractivity contribution in [1.82, 2.24) is 4.90 Å². The molecule has 0 N–H and O–H groups in total. The Morgan fingerprint density at radius 2 is 1.72 bits per heavy atom. The number of ether oxygens (including phenoxy) is 2. The molecule has 0 heterocycles. The van der Waals surface area contributed by atoms with E-state index in [1.165, 1.54) is 27.2 Å². The van der Waals surface area contributed by atoms with Gasteiger partial charge in [-0.2, -0.15) is 0 Å². The molecule has 0 atom stereocenters. The second-order valence-electron chi connectivity index (χ2n) is 6.09. The van der Waals surface area contributed by atoms with Crippen molar-refractivity contribution in [3.63, 3.8) is 0 Å². The Morgan fingerprint density at radius 1 is 1.12 bits per heavy atom. The molecule has 0 unspecified atom stereocenters. The van der Waals surface area contributed by atoms with E-state index in [1.54, 1.807) is 13.1 Å². The number of nitrogens with zero attached hydrogens (tertiary/aromatic N) is 1. The highest BCUT2D eigenvalue weighted by Gasteiger charge is 2.29. The zero-order chi connectivity index (χ0) is 17.6. The molecule has 0 fully saturated rings. The number of likely N-dealkylation sites (N-methyl/N-ethyl adjacent to an activating group) is 1. The minimum absolute atomic E-state index is 0.0850. The van der Waals surface area contributed by atoms with E-state index in [1.807, 2.05) is 24.3 Å². The first-order valence-corrected chi connectivity index (χ1v) is 8.47. The van der Waals surface area contributed by atoms with Crippen LogP contribution >= 0.6 is 0 Å². The second-order valence-corrected chi connectivity index (χ2v) is 6.09. The normalized spacial score (nSPS) is 12.4. The molecular weight excluding hydrogens is 314 g/mol. The van der Waals surface area contributed by atoms with Crippen LogP contribution in [0, 0.1) is 0 Å². The van der Waals surface area contributed by atoms with E-state index in [0.717, 1.165) is 0 Å². The Bertz CT molecular complexity index is 711. The van der Waals surface area contributed by atoms with Crippen molar-refractivity contribution in [3.05, 3.63) is 72.3 Å². The average Bonchev–Trinajstić information content (AvgIpc) is 2.97. The molecule has 0 radical (unpaired) electrons. The standard InChI is InChI=1S/C21H23NO3/c1-3-13-24-14-12-22(2)21(23)25-15-20-18-10-6-4-8-16(18)17-9-5-7-11-19(17)20/h3-11,20H,1,12-15H2,2H3. The average molecular weight is 337 g/mol. The van der Waals surface area contributed by atoms with Crippen molar-refractivity contribution in [2.24, 2.45) is 0 Å². The minimum Gasteiger partial charge on any atom is -0.448 e. The van der Waals surface area contributed by atoms with Gasteiger partial charge in [0.1, 0.15) is 6.61 Å². The number of amides is 1. The summed E-state index contributed by atoms with van der Waals surface area (Å²) in [5, 5.41) is 0. The van der Waals surface area contributed by atoms with Crippen molar-refractivity contribution in [2.45, 2.75) is 5.92 Å². The van der Waals surface area contributed by atoms with E-state index in [2.05, 4.69) is 30.8 Å². The largest absolute Gasteiger partial charge is 0.448 e. The van der Waals surface area contributed by atoms with Crippen LogP contribution in [0.25, 0.3) is 11.1 Å². The molecule has 1 amide bonds. The quantitative estimate of drug-likeness (QED) is 0.565. The molecule has 2 aromatic carbocycles. The monoisotopic (exact) mass is 337 g/mol. The van der Waals surface area contributed by atoms with E-state index in [4.69, 9.17) is 9.47 Å². The second kappa shape index (κ2) is 7.99. The van der Waals surface area contributed by atoms with Crippen LogP contribution in [0.3, 0.4) is 0 Å². The van der Waals surface area contributed by atoms with E-state index < -0.39 is 0 Å². The topological polar surface area (TPSA) is 38.8 Å². The Kier molecular flexibility index (Phi) is 5.51. The molecule has 1 aliphatic rings. The summed E-state index contributed by atoms with van der Waals surface area (Å²) in [6.45, 7) is 5.37. The van der Waals surface area contributed by atoms with Gasteiger partial charge in [-0.3, -0.25) is 0 Å². The van der Waals surface area contributed by atoms with Crippen LogP contribution < -0.4 is 0 Å². The number of hydrogen-bond donors (Lipinski definition) is 0. The third-order valence-electron chi connectivity index (χ3n) is 4.45. The molecule has 0 aromatic heterocycles. The van der Waals surface area contributed by atoms with Crippen molar-refractivity contribution < 1.29 is 14.3 Å². The third-order valence-corrected chi connectivity index (χ3v) is 4.45. The van der Waals surface area contributed by atoms with Gasteiger partial charge in [0.15, 0.2) is 0 Å². The van der Waals surface area contributed by atoms with Crippen LogP contribution in [-0.4, -0.2) is 44.4 Å². The molecule has 0 spiro atoms. The van der Waals surface area contributed by atoms with Gasteiger partial charge in [0.25, 0.3) is 0 Å². The summed E-state index contributed by atoms with van der Waals surface area (Å²) in [6.07, 6.45) is 1.36. The first kappa shape index (κ1) is 17.2. The predicted octanol–water partition coefficient (Wildman–Crippen LogP) is 4.07. The lowest BCUT2D eigenvalue weighted by Crippen LogP contribution is -2.31. The zero-order valence-corrected chi connectivity index (χ0v) is 14.5. The summed E-state index contributed by atoms with van der Waals surface area (Å²) in [7, 11) is 1.72. The number of hydrogen-bond acceptors (Lipinski definition) is 3. The highest BCUT2D eigenvalue weighted by molar-refractivity contribution is 5.79. The number of carbonyl (C=O) groups excluding carboxylic acids is 1. The fourth-order valence-electron chi connectivity index (χ4n) is 3.16. The lowest BCUT2D eigenvalue weighted by Gasteiger charge is -2.19. The molecule has 3 rings (SSSR count). The maximum atomic E-state index is 12.2. The Morgan fingerprint density at radius 3 is 2.32 bits per heavy atom. The molecular formula is C21H23NO3. The summed E-state index contributed by atoms with van der Waals surface area (Å²) in [5.41, 5.74) is 4.89. The summed E-state index contributed by atoms with van der Waals surface area (Å²) in [5.74, 6) is 0.0850. The molecule has 4 heteroatoms. The van der Waals surface area contributed by atoms with Crippen LogP contribution in [0.15, 0.2) is 61.2 Å². The maximum Gasteiger partial charge on any atom is 0.409 e. The van der Waals surface area contributed by atoms with Crippen LogP contribution in [0.4, 0.5) is 4.79 Å². The lowest BCUT2D eigenvalue weighted by molar-refractivity contribution is 0.0893. The number of benzene rings is 2. The van der Waals surface area contributed by atoms with Gasteiger partial charge in [-0.15, -0.1) is 6.58 Å². The minimum atomic E-state index is -0.330. The van der Waals surface area contributed by atoms with Gasteiger partial charge in [0.05, 0.1) is 13.2 Å². The fraction of sp³-hybridized carbons (Fsp3) is 0.286. The van der Waals surface area contributed by atoms with Crippen molar-refractivity contribution in [3.8, 4) is 11.1 Å². The molecule has 0 bridgehead atoms. The fourth-order valence-corrected chi connectivity index (χ4v) is 3.16. The van der Waals surface area contributed by atoms with E-state index in [-0.39, 0.29) is 12.0 Å². The predicted molar refractivity (Wildman–Crippen MR) is 98.7 cm³/mol. The van der Waals surface area contributed by atoms with Crippen molar-refractivity contribution in [2.75, 3.05) is 33.4 Å². The highest BCUT2D eigenvalue weighted by atomic mass is 16.6. The molecule has 0 saturated carbocycles. The zero-order valence-electron chi connectivity index (χ0n) is 14.5. The van der Waals surface area contributed by atoms with E-state index in [0.29, 0.717) is 26.4 Å². The van der Waals surface area contributed by atoms with Gasteiger partial charge in [0.2, 0.25) is 0 Å². The van der Waals surface area contributed by atoms with Gasteiger partial charge in [-0.05, 0) is 22.3 Å². The van der Waals surface area contributed by atoms with Gasteiger partial charge in [-0.1, -0.05) is 54.6 Å². The Balaban J connectivity index is 1.63. The van der Waals surface area contributed by atoms with Gasteiger partial charge < -0.3 is 14.4 Å². The first-order valence-electron chi connectivity index (χ1n) is 8.47. The van der Waals surface area contributed by atoms with E-state index in [9.17, 15) is 4.79 Å². The summed E-state index contributed by atoms with van der Waals surface area (Å²) in [4.78, 5) is 13.8. The number of fused-ring (bicyclic) bond motifs is 3. The molecule has 0 saturated heterocycles. The first-order chi connectivity index (χ1) is 12.2. The van der Waals surface area contributed by atoms with Gasteiger partial charge >= 0.3 is 6.09 Å².